The zero-order valence-electron chi connectivity index (χ0n) is 5.49. The van der Waals surface area contributed by atoms with E-state index in [0.717, 1.165) is 6.07 Å². The van der Waals surface area contributed by atoms with Gasteiger partial charge in [0, 0.05) is 6.42 Å². The van der Waals surface area contributed by atoms with E-state index in [2.05, 4.69) is 0 Å². The first-order valence-corrected chi connectivity index (χ1v) is 2.77. The van der Waals surface area contributed by atoms with Gasteiger partial charge < -0.3 is 0 Å². The number of rotatable bonds is 2. The second-order valence-corrected chi connectivity index (χ2v) is 2.41. The van der Waals surface area contributed by atoms with E-state index < -0.39 is 5.92 Å². The molecule has 0 radical (unpaired) electrons. The minimum absolute atomic E-state index is 0.125. The third-order valence-electron chi connectivity index (χ3n) is 0.828. The summed E-state index contributed by atoms with van der Waals surface area (Å²) >= 11 is 0. The Morgan fingerprint density at radius 1 is 1.56 bits per heavy atom. The molecule has 0 aromatic rings. The van der Waals surface area contributed by atoms with Crippen molar-refractivity contribution in [2.45, 2.75) is 26.2 Å². The molecular weight excluding hydrogens is 124 g/mol. The van der Waals surface area contributed by atoms with Crippen LogP contribution >= 0.6 is 0 Å². The van der Waals surface area contributed by atoms with Gasteiger partial charge in [0.2, 0.25) is 0 Å². The fraction of sp³-hybridized carbons (Fsp3) is 0.833. The van der Waals surface area contributed by atoms with Crippen molar-refractivity contribution in [3.8, 4) is 6.07 Å². The lowest BCUT2D eigenvalue weighted by atomic mass is 10.1. The van der Waals surface area contributed by atoms with Crippen LogP contribution < -0.4 is 0 Å². The first-order chi connectivity index (χ1) is 3.98. The molecule has 0 saturated heterocycles. The molecule has 0 aromatic heterocycles. The van der Waals surface area contributed by atoms with Gasteiger partial charge in [0.1, 0.15) is 6.07 Å². The van der Waals surface area contributed by atoms with E-state index in [0.29, 0.717) is 0 Å². The molecule has 3 heteroatoms. The normalized spacial score (nSPS) is 11.6. The van der Waals surface area contributed by atoms with Crippen LogP contribution in [0.1, 0.15) is 20.3 Å². The maximum Gasteiger partial charge on any atom is 0.332 e. The van der Waals surface area contributed by atoms with Crippen molar-refractivity contribution in [3.05, 3.63) is 0 Å². The van der Waals surface area contributed by atoms with E-state index in [-0.39, 0.29) is 12.3 Å². The van der Waals surface area contributed by atoms with Gasteiger partial charge in [0.05, 0.1) is 0 Å². The van der Waals surface area contributed by atoms with Crippen LogP contribution in [-0.4, -0.2) is 5.92 Å². The zero-order chi connectivity index (χ0) is 7.49. The van der Waals surface area contributed by atoms with Crippen molar-refractivity contribution in [1.29, 1.82) is 5.26 Å². The predicted octanol–water partition coefficient (Wildman–Crippen LogP) is 2.19. The third-order valence-corrected chi connectivity index (χ3v) is 0.828. The van der Waals surface area contributed by atoms with Gasteiger partial charge in [0.15, 0.2) is 0 Å². The minimum Gasteiger partial charge on any atom is -0.192 e. The smallest absolute Gasteiger partial charge is 0.192 e. The summed E-state index contributed by atoms with van der Waals surface area (Å²) in [4.78, 5) is 0. The highest BCUT2D eigenvalue weighted by atomic mass is 19.3. The average Bonchev–Trinajstić information content (AvgIpc) is 1.63. The molecule has 1 nitrogen and oxygen atoms in total. The molecule has 0 aliphatic rings. The monoisotopic (exact) mass is 133 g/mol. The molecule has 0 aliphatic heterocycles. The van der Waals surface area contributed by atoms with E-state index in [4.69, 9.17) is 5.26 Å². The van der Waals surface area contributed by atoms with Crippen LogP contribution in [0.5, 0.6) is 0 Å². The highest BCUT2D eigenvalue weighted by molar-refractivity contribution is 4.91. The summed E-state index contributed by atoms with van der Waals surface area (Å²) in [6.07, 6.45) is -0.344. The van der Waals surface area contributed by atoms with E-state index in [1.807, 2.05) is 0 Å². The molecule has 0 unspecified atom stereocenters. The number of hydrogen-bond acceptors (Lipinski definition) is 1. The molecule has 9 heavy (non-hydrogen) atoms. The lowest BCUT2D eigenvalue weighted by molar-refractivity contribution is 0.0410. The predicted molar refractivity (Wildman–Crippen MR) is 30.0 cm³/mol. The number of alkyl halides is 2. The lowest BCUT2D eigenvalue weighted by Gasteiger charge is -2.08. The summed E-state index contributed by atoms with van der Waals surface area (Å²) in [6.45, 7) is 3.32. The van der Waals surface area contributed by atoms with Gasteiger partial charge >= 0.3 is 5.92 Å². The molecule has 0 amide bonds. The van der Waals surface area contributed by atoms with Crippen molar-refractivity contribution < 1.29 is 8.78 Å². The van der Waals surface area contributed by atoms with Gasteiger partial charge in [-0.25, -0.2) is 0 Å². The topological polar surface area (TPSA) is 23.8 Å². The van der Waals surface area contributed by atoms with Crippen LogP contribution in [0, 0.1) is 17.2 Å². The fourth-order valence-electron chi connectivity index (χ4n) is 0.558. The summed E-state index contributed by atoms with van der Waals surface area (Å²) in [5.74, 6) is -3.26. The second-order valence-electron chi connectivity index (χ2n) is 2.41. The van der Waals surface area contributed by atoms with Crippen molar-refractivity contribution in [3.63, 3.8) is 0 Å². The molecule has 0 rings (SSSR count). The summed E-state index contributed by atoms with van der Waals surface area (Å²) < 4.78 is 24.1. The molecule has 0 aliphatic carbocycles. The average molecular weight is 133 g/mol. The molecule has 0 atom stereocenters. The summed E-state index contributed by atoms with van der Waals surface area (Å²) in [7, 11) is 0. The standard InChI is InChI=1S/C6H9F2N/c1-5(2)3-6(7,8)4-9/h5H,3H2,1-2H3. The maximum absolute atomic E-state index is 12.0. The Kier molecular flexibility index (Phi) is 2.57. The Morgan fingerprint density at radius 2 is 2.00 bits per heavy atom. The van der Waals surface area contributed by atoms with Gasteiger partial charge in [-0.1, -0.05) is 13.8 Å². The molecule has 0 spiro atoms. The van der Waals surface area contributed by atoms with Crippen molar-refractivity contribution in [2.75, 3.05) is 0 Å². The molecule has 0 N–H and O–H groups in total. The lowest BCUT2D eigenvalue weighted by Crippen LogP contribution is -2.15. The summed E-state index contributed by atoms with van der Waals surface area (Å²) in [6, 6.07) is 0.939. The Morgan fingerprint density at radius 3 is 2.11 bits per heavy atom. The molecule has 52 valence electrons. The summed E-state index contributed by atoms with van der Waals surface area (Å²) in [5.41, 5.74) is 0. The van der Waals surface area contributed by atoms with Crippen LogP contribution in [0.2, 0.25) is 0 Å². The van der Waals surface area contributed by atoms with Gasteiger partial charge in [-0.3, -0.25) is 0 Å². The van der Waals surface area contributed by atoms with Crippen molar-refractivity contribution >= 4 is 0 Å². The van der Waals surface area contributed by atoms with Crippen LogP contribution in [0.25, 0.3) is 0 Å². The number of nitrogens with zero attached hydrogens (tertiary/aromatic N) is 1. The number of nitriles is 1. The van der Waals surface area contributed by atoms with E-state index in [1.165, 1.54) is 0 Å². The van der Waals surface area contributed by atoms with Crippen LogP contribution in [0.4, 0.5) is 8.78 Å². The van der Waals surface area contributed by atoms with E-state index in [9.17, 15) is 8.78 Å². The quantitative estimate of drug-likeness (QED) is 0.566. The minimum atomic E-state index is -3.13. The maximum atomic E-state index is 12.0. The SMILES string of the molecule is CC(C)CC(F)(F)C#N. The van der Waals surface area contributed by atoms with Crippen LogP contribution in [-0.2, 0) is 0 Å². The Hall–Kier alpha value is -0.650. The Balaban J connectivity index is 3.76. The molecular formula is C6H9F2N. The highest BCUT2D eigenvalue weighted by Gasteiger charge is 2.28. The second kappa shape index (κ2) is 2.77. The third kappa shape index (κ3) is 3.89. The van der Waals surface area contributed by atoms with Crippen molar-refractivity contribution in [1.82, 2.24) is 0 Å². The molecule has 0 saturated carbocycles. The van der Waals surface area contributed by atoms with E-state index >= 15 is 0 Å². The van der Waals surface area contributed by atoms with E-state index in [1.54, 1.807) is 13.8 Å². The molecule has 0 heterocycles. The van der Waals surface area contributed by atoms with Gasteiger partial charge in [0.25, 0.3) is 0 Å². The highest BCUT2D eigenvalue weighted by Crippen LogP contribution is 2.21. The number of hydrogen-bond donors (Lipinski definition) is 0. The number of halogens is 2. The van der Waals surface area contributed by atoms with Crippen LogP contribution in [0.3, 0.4) is 0 Å². The van der Waals surface area contributed by atoms with Gasteiger partial charge in [-0.05, 0) is 5.92 Å². The van der Waals surface area contributed by atoms with Crippen LogP contribution in [0.15, 0.2) is 0 Å². The molecule has 0 aromatic carbocycles. The Bertz CT molecular complexity index is 124. The Labute approximate surface area is 53.3 Å². The van der Waals surface area contributed by atoms with Gasteiger partial charge in [-0.2, -0.15) is 14.0 Å². The van der Waals surface area contributed by atoms with Gasteiger partial charge in [-0.15, -0.1) is 0 Å². The first-order valence-electron chi connectivity index (χ1n) is 2.77. The largest absolute Gasteiger partial charge is 0.332 e. The molecule has 0 fully saturated rings. The summed E-state index contributed by atoms with van der Waals surface area (Å²) in [5, 5.41) is 7.84. The first kappa shape index (κ1) is 8.35. The zero-order valence-corrected chi connectivity index (χ0v) is 5.49. The molecule has 0 bridgehead atoms. The fourth-order valence-corrected chi connectivity index (χ4v) is 0.558. The van der Waals surface area contributed by atoms with Crippen molar-refractivity contribution in [2.24, 2.45) is 5.92 Å².